The Kier molecular flexibility index (Phi) is 104. The summed E-state index contributed by atoms with van der Waals surface area (Å²) >= 11 is 5.14. The van der Waals surface area contributed by atoms with E-state index >= 15 is 0 Å². The van der Waals surface area contributed by atoms with Gasteiger partial charge in [-0.1, -0.05) is 142 Å². The molecule has 7 saturated heterocycles. The van der Waals surface area contributed by atoms with Gasteiger partial charge < -0.3 is 46.6 Å². The van der Waals surface area contributed by atoms with Crippen molar-refractivity contribution in [2.75, 3.05) is 136 Å². The van der Waals surface area contributed by atoms with Gasteiger partial charge in [-0.2, -0.15) is 23.5 Å². The van der Waals surface area contributed by atoms with Crippen LogP contribution in [-0.4, -0.2) is 189 Å². The van der Waals surface area contributed by atoms with E-state index in [9.17, 15) is 45.0 Å². The normalized spacial score (nSPS) is 16.9. The van der Waals surface area contributed by atoms with Gasteiger partial charge in [0.2, 0.25) is 26.6 Å². The number of alkyl carbamates (subject to hydrolysis) is 1. The molecule has 0 atom stereocenters. The number of sulfone groups is 1. The van der Waals surface area contributed by atoms with E-state index in [-0.39, 0.29) is 28.4 Å². The van der Waals surface area contributed by atoms with Crippen molar-refractivity contribution in [3.63, 3.8) is 0 Å². The maximum absolute atomic E-state index is 10.6. The molecular weight excluding hydrogens is 1170 g/mol. The number of pyridine rings is 1. The lowest BCUT2D eigenvalue weighted by Gasteiger charge is -2.10. The van der Waals surface area contributed by atoms with Crippen LogP contribution >= 0.6 is 35.3 Å². The van der Waals surface area contributed by atoms with Gasteiger partial charge >= 0.3 is 11.8 Å². The fourth-order valence-corrected chi connectivity index (χ4v) is 10.0. The van der Waals surface area contributed by atoms with Crippen LogP contribution in [0.25, 0.3) is 0 Å². The smallest absolute Gasteiger partial charge is 0.407 e. The highest BCUT2D eigenvalue weighted by Crippen LogP contribution is 2.03. The highest BCUT2D eigenvalue weighted by Gasteiger charge is 2.14. The first kappa shape index (κ1) is 98.2. The van der Waals surface area contributed by atoms with Crippen LogP contribution in [-0.2, 0) is 45.0 Å². The van der Waals surface area contributed by atoms with Crippen LogP contribution in [0.3, 0.4) is 0 Å². The minimum Gasteiger partial charge on any atom is -0.449 e. The van der Waals surface area contributed by atoms with Crippen LogP contribution in [0, 0.1) is 0 Å². The molecule has 9 heterocycles. The molecule has 492 valence electrons. The van der Waals surface area contributed by atoms with Gasteiger partial charge in [0.25, 0.3) is 0 Å². The first-order valence-electron chi connectivity index (χ1n) is 29.8. The molecular formula is C55H120N10O11S6. The third-order valence-electron chi connectivity index (χ3n) is 7.90. The largest absolute Gasteiger partial charge is 0.449 e. The van der Waals surface area contributed by atoms with Gasteiger partial charge in [-0.25, -0.2) is 36.1 Å². The molecule has 27 heteroatoms. The maximum atomic E-state index is 10.6. The molecule has 0 saturated carbocycles. The number of thioether (sulfide) groups is 3. The number of nitrogens with one attached hydrogen (secondary N) is 9. The molecule has 82 heavy (non-hydrogen) atoms. The molecule has 7 aliphatic rings. The number of cyclic esters (lactones) is 1. The summed E-state index contributed by atoms with van der Waals surface area (Å²) in [5.41, 5.74) is -0.356. The van der Waals surface area contributed by atoms with E-state index in [2.05, 4.69) is 56.3 Å². The fourth-order valence-electron chi connectivity index (χ4n) is 4.64. The number of rotatable bonds is 0. The predicted molar refractivity (Wildman–Crippen MR) is 362 cm³/mol. The molecule has 0 aromatic carbocycles. The molecule has 9 rings (SSSR count). The van der Waals surface area contributed by atoms with Gasteiger partial charge in [-0.3, -0.25) is 18.6 Å². The molecule has 7 aliphatic heterocycles. The first-order valence-corrected chi connectivity index (χ1v) is 38.0. The second kappa shape index (κ2) is 86.9. The molecule has 0 unspecified atom stereocenters. The van der Waals surface area contributed by atoms with Crippen molar-refractivity contribution in [1.29, 1.82) is 0 Å². The van der Waals surface area contributed by atoms with Crippen LogP contribution in [0.4, 0.5) is 4.79 Å². The molecule has 0 spiro atoms. The Morgan fingerprint density at radius 2 is 1.05 bits per heavy atom. The first-order chi connectivity index (χ1) is 39.8. The number of aromatic nitrogens is 3. The monoisotopic (exact) mass is 1290 g/mol. The van der Waals surface area contributed by atoms with Crippen LogP contribution in [0.2, 0.25) is 0 Å². The third kappa shape index (κ3) is 88.4. The van der Waals surface area contributed by atoms with Crippen molar-refractivity contribution in [3.8, 4) is 0 Å². The van der Waals surface area contributed by atoms with E-state index in [0.717, 1.165) is 75.0 Å². The zero-order valence-electron chi connectivity index (χ0n) is 54.1. The third-order valence-corrected chi connectivity index (χ3v) is 15.2. The summed E-state index contributed by atoms with van der Waals surface area (Å²) in [6.45, 7) is 45.9. The number of aromatic amines is 2. The molecule has 0 bridgehead atoms. The molecule has 0 radical (unpaired) electrons. The highest BCUT2D eigenvalue weighted by atomic mass is 32.2. The van der Waals surface area contributed by atoms with Crippen molar-refractivity contribution in [2.45, 2.75) is 144 Å². The Hall–Kier alpha value is -2.86. The van der Waals surface area contributed by atoms with Crippen LogP contribution < -0.4 is 47.9 Å². The Bertz CT molecular complexity index is 1640. The maximum Gasteiger partial charge on any atom is 0.407 e. The number of H-pyrrole nitrogens is 2. The lowest BCUT2D eigenvalue weighted by Crippen LogP contribution is -2.35. The Balaban J connectivity index is -0.000000101. The van der Waals surface area contributed by atoms with E-state index in [1.807, 2.05) is 136 Å². The molecule has 9 N–H and O–H groups in total. The number of nitrogens with zero attached hydrogens (tertiary/aromatic N) is 1. The van der Waals surface area contributed by atoms with E-state index in [1.165, 1.54) is 54.8 Å². The highest BCUT2D eigenvalue weighted by molar-refractivity contribution is 8.13. The number of carbonyl (C=O) groups is 3. The average Bonchev–Trinajstić information content (AvgIpc) is 3.54. The predicted octanol–water partition coefficient (Wildman–Crippen LogP) is 7.56. The van der Waals surface area contributed by atoms with Crippen molar-refractivity contribution in [1.82, 2.24) is 51.6 Å². The molecule has 7 fully saturated rings. The summed E-state index contributed by atoms with van der Waals surface area (Å²) in [4.78, 5) is 59.3. The minimum atomic E-state index is -2.83. The van der Waals surface area contributed by atoms with Crippen LogP contribution in [0.1, 0.15) is 144 Å². The summed E-state index contributed by atoms with van der Waals surface area (Å²) < 4.78 is 59.8. The number of sulfonamides is 1. The van der Waals surface area contributed by atoms with Crippen molar-refractivity contribution >= 4 is 83.1 Å². The lowest BCUT2D eigenvalue weighted by atomic mass is 10.3. The van der Waals surface area contributed by atoms with E-state index in [1.54, 1.807) is 36.2 Å². The second-order valence-corrected chi connectivity index (χ2v) is 22.7. The van der Waals surface area contributed by atoms with Crippen LogP contribution in [0.15, 0.2) is 52.4 Å². The number of carbonyl (C=O) groups excluding carboxylic acids is 3. The number of hydrogen-bond acceptors (Lipinski definition) is 19. The number of hydrogen-bond donors (Lipinski definition) is 9. The topological polar surface area (TPSA) is 309 Å². The molecule has 2 aromatic heterocycles. The van der Waals surface area contributed by atoms with Crippen molar-refractivity contribution in [2.24, 2.45) is 0 Å². The quantitative estimate of drug-likeness (QED) is 0.123. The summed E-state index contributed by atoms with van der Waals surface area (Å²) in [5, 5.41) is 17.8. The van der Waals surface area contributed by atoms with Gasteiger partial charge in [0.1, 0.15) is 0 Å². The number of ether oxygens (including phenoxy) is 1. The summed E-state index contributed by atoms with van der Waals surface area (Å²) in [6.07, 6.45) is 7.03. The van der Waals surface area contributed by atoms with Gasteiger partial charge in [-0.15, -0.1) is 0 Å². The molecule has 21 nitrogen and oxygen atoms in total. The van der Waals surface area contributed by atoms with E-state index < -0.39 is 30.7 Å². The summed E-state index contributed by atoms with van der Waals surface area (Å²) in [6, 6.07) is 6.58. The molecule has 2 amide bonds. The van der Waals surface area contributed by atoms with Crippen molar-refractivity contribution in [3.05, 3.63) is 63.7 Å². The Labute approximate surface area is 515 Å². The van der Waals surface area contributed by atoms with Crippen molar-refractivity contribution < 1.29 is 40.2 Å². The van der Waals surface area contributed by atoms with E-state index in [0.29, 0.717) is 55.8 Å². The standard InChI is InChI=1S/C5H5NO.C4H4N2O.2C4H9NO2S.C4H7NO2.C4H9NOS.2C4H7NOS.C4H9NS.9C2H6/c7-5-3-1-2-4-6-5;7-4-5-2-1-3-6-4;6-8(7)3-1-5-2-4-8;6-8(7)4-2-1-3-5-8;6-4-5-2-1-3-7-4;6-7-3-1-5-2-4-7;6-4-3-7-2-1-5-4;6-4-3-5-1-2-7-4;1-3-6-4-2-5-1;9*1-2/h1-4H,(H,6,7);1-3H,(H,5,6,7);2*5H,1-4H2;1-3H2,(H,5,6);5H,1-4H2;1-3H2,(H,5,6);5H,1-3H2;5H,1-4H2;9*1-2H3. The van der Waals surface area contributed by atoms with Gasteiger partial charge in [-0.05, 0) is 31.4 Å². The van der Waals surface area contributed by atoms with Gasteiger partial charge in [0.05, 0.1) is 36.2 Å². The zero-order valence-corrected chi connectivity index (χ0v) is 59.0. The fraction of sp³-hybridized carbons (Fsp3) is 0.782. The zero-order chi connectivity index (χ0) is 65.0. The Morgan fingerprint density at radius 1 is 0.524 bits per heavy atom. The van der Waals surface area contributed by atoms with Gasteiger partial charge in [0.15, 0.2) is 9.84 Å². The van der Waals surface area contributed by atoms with E-state index in [4.69, 9.17) is 0 Å². The lowest BCUT2D eigenvalue weighted by molar-refractivity contribution is -0.118. The second-order valence-electron chi connectivity index (χ2n) is 13.3. The molecule has 0 aliphatic carbocycles. The molecule has 2 aromatic rings. The van der Waals surface area contributed by atoms with Crippen LogP contribution in [0.5, 0.6) is 0 Å². The van der Waals surface area contributed by atoms with Gasteiger partial charge in [0, 0.05) is 135 Å². The Morgan fingerprint density at radius 3 is 1.26 bits per heavy atom. The summed E-state index contributed by atoms with van der Waals surface area (Å²) in [7, 11) is -5.98. The number of amides is 2. The minimum absolute atomic E-state index is 0.0532. The summed E-state index contributed by atoms with van der Waals surface area (Å²) in [5.74, 6) is 8.09. The SMILES string of the molecule is C1CSCCN1.CC.CC.CC.CC.CC.CC.CC.CC.CC.O=C1CNCCS1.O=C1CSCCN1.O=C1NCCCO1.O=S1(=O)CCCCN1.O=S1(=O)CCNCC1.O=S1CCNCC1.O=c1cccc[nH]1.O=c1nccc[nH]1. The average molecular weight is 1290 g/mol.